The van der Waals surface area contributed by atoms with Crippen LogP contribution in [-0.2, 0) is 11.2 Å². The van der Waals surface area contributed by atoms with Gasteiger partial charge in [-0.05, 0) is 55.0 Å². The zero-order valence-corrected chi connectivity index (χ0v) is 12.7. The Hall–Kier alpha value is -0.540. The van der Waals surface area contributed by atoms with E-state index < -0.39 is 0 Å². The van der Waals surface area contributed by atoms with Gasteiger partial charge in [0, 0.05) is 23.8 Å². The highest BCUT2D eigenvalue weighted by Gasteiger charge is 2.32. The van der Waals surface area contributed by atoms with Gasteiger partial charge in [-0.1, -0.05) is 0 Å². The lowest BCUT2D eigenvalue weighted by Gasteiger charge is -2.35. The molecule has 2 unspecified atom stereocenters. The number of fused-ring (bicyclic) bond motifs is 1. The van der Waals surface area contributed by atoms with Crippen molar-refractivity contribution in [1.82, 2.24) is 4.90 Å². The van der Waals surface area contributed by atoms with Crippen molar-refractivity contribution >= 4 is 28.8 Å². The molecule has 1 fully saturated rings. The Labute approximate surface area is 123 Å². The second kappa shape index (κ2) is 5.84. The Morgan fingerprint density at radius 3 is 3.16 bits per heavy atom. The zero-order chi connectivity index (χ0) is 13.2. The summed E-state index contributed by atoms with van der Waals surface area (Å²) in [7, 11) is 0. The van der Waals surface area contributed by atoms with Crippen LogP contribution in [0.1, 0.15) is 42.0 Å². The average Bonchev–Trinajstić information content (AvgIpc) is 2.95. The van der Waals surface area contributed by atoms with Gasteiger partial charge in [-0.2, -0.15) is 0 Å². The Kier molecular flexibility index (Phi) is 4.13. The van der Waals surface area contributed by atoms with Crippen molar-refractivity contribution in [1.29, 1.82) is 0 Å². The van der Waals surface area contributed by atoms with Crippen LogP contribution in [0.25, 0.3) is 0 Å². The standard InChI is InChI=1S/C15H20ClNOS/c16-9-11-3-2-7-17(10-11)15(18)13-4-1-5-14-12(13)6-8-19-14/h6,8,11,13H,1-5,7,9-10H2. The number of hydrogen-bond donors (Lipinski definition) is 0. The number of carbonyl (C=O) groups excluding carboxylic acids is 1. The van der Waals surface area contributed by atoms with Crippen molar-refractivity contribution in [2.75, 3.05) is 19.0 Å². The topological polar surface area (TPSA) is 20.3 Å². The molecule has 2 heterocycles. The average molecular weight is 298 g/mol. The Balaban J connectivity index is 1.74. The molecule has 0 radical (unpaired) electrons. The maximum absolute atomic E-state index is 12.8. The number of aryl methyl sites for hydroxylation is 1. The molecule has 0 N–H and O–H groups in total. The smallest absolute Gasteiger partial charge is 0.230 e. The molecular formula is C15H20ClNOS. The van der Waals surface area contributed by atoms with Crippen molar-refractivity contribution in [2.45, 2.75) is 38.0 Å². The van der Waals surface area contributed by atoms with E-state index in [-0.39, 0.29) is 5.92 Å². The number of hydrogen-bond acceptors (Lipinski definition) is 2. The van der Waals surface area contributed by atoms with Crippen LogP contribution in [0.2, 0.25) is 0 Å². The van der Waals surface area contributed by atoms with Crippen LogP contribution in [0.15, 0.2) is 11.4 Å². The monoisotopic (exact) mass is 297 g/mol. The maximum Gasteiger partial charge on any atom is 0.230 e. The number of amides is 1. The number of piperidine rings is 1. The van der Waals surface area contributed by atoms with Crippen LogP contribution in [0, 0.1) is 5.92 Å². The second-order valence-electron chi connectivity index (χ2n) is 5.69. The highest BCUT2D eigenvalue weighted by molar-refractivity contribution is 7.10. The highest BCUT2D eigenvalue weighted by atomic mass is 35.5. The molecule has 19 heavy (non-hydrogen) atoms. The predicted molar refractivity (Wildman–Crippen MR) is 80.0 cm³/mol. The first-order valence-electron chi connectivity index (χ1n) is 7.20. The van der Waals surface area contributed by atoms with Crippen molar-refractivity contribution in [2.24, 2.45) is 5.92 Å². The summed E-state index contributed by atoms with van der Waals surface area (Å²) in [5, 5.41) is 2.13. The highest BCUT2D eigenvalue weighted by Crippen LogP contribution is 2.36. The third-order valence-corrected chi connectivity index (χ3v) is 5.83. The molecule has 1 aromatic rings. The normalized spacial score (nSPS) is 27.1. The summed E-state index contributed by atoms with van der Waals surface area (Å²) in [5.74, 6) is 1.63. The van der Waals surface area contributed by atoms with Gasteiger partial charge in [0.15, 0.2) is 0 Å². The number of thiophene rings is 1. The van der Waals surface area contributed by atoms with Crippen molar-refractivity contribution in [3.8, 4) is 0 Å². The summed E-state index contributed by atoms with van der Waals surface area (Å²) in [6.45, 7) is 1.78. The molecular weight excluding hydrogens is 278 g/mol. The number of nitrogens with zero attached hydrogens (tertiary/aromatic N) is 1. The Morgan fingerprint density at radius 1 is 1.42 bits per heavy atom. The number of alkyl halides is 1. The molecule has 104 valence electrons. The Bertz CT molecular complexity index is 459. The summed E-state index contributed by atoms with van der Waals surface area (Å²) in [6, 6.07) is 2.16. The second-order valence-corrected chi connectivity index (χ2v) is 7.00. The molecule has 0 bridgehead atoms. The third-order valence-electron chi connectivity index (χ3n) is 4.40. The van der Waals surface area contributed by atoms with Crippen LogP contribution in [-0.4, -0.2) is 29.8 Å². The maximum atomic E-state index is 12.8. The molecule has 2 aliphatic rings. The van der Waals surface area contributed by atoms with E-state index in [0.717, 1.165) is 38.8 Å². The molecule has 3 rings (SSSR count). The minimum Gasteiger partial charge on any atom is -0.342 e. The van der Waals surface area contributed by atoms with E-state index >= 15 is 0 Å². The fraction of sp³-hybridized carbons (Fsp3) is 0.667. The fourth-order valence-corrected chi connectivity index (χ4v) is 4.59. The van der Waals surface area contributed by atoms with Crippen molar-refractivity contribution in [3.05, 3.63) is 21.9 Å². The molecule has 1 amide bonds. The number of halogens is 1. The van der Waals surface area contributed by atoms with Gasteiger partial charge in [0.25, 0.3) is 0 Å². The van der Waals surface area contributed by atoms with Crippen LogP contribution in [0.3, 0.4) is 0 Å². The molecule has 0 aromatic carbocycles. The molecule has 4 heteroatoms. The van der Waals surface area contributed by atoms with E-state index in [4.69, 9.17) is 11.6 Å². The first-order valence-corrected chi connectivity index (χ1v) is 8.62. The Morgan fingerprint density at radius 2 is 2.32 bits per heavy atom. The summed E-state index contributed by atoms with van der Waals surface area (Å²) in [5.41, 5.74) is 1.30. The van der Waals surface area contributed by atoms with Gasteiger partial charge < -0.3 is 4.90 Å². The molecule has 1 aliphatic carbocycles. The molecule has 2 nitrogen and oxygen atoms in total. The van der Waals surface area contributed by atoms with Gasteiger partial charge >= 0.3 is 0 Å². The molecule has 0 spiro atoms. The first kappa shape index (κ1) is 13.4. The van der Waals surface area contributed by atoms with E-state index in [9.17, 15) is 4.79 Å². The molecule has 2 atom stereocenters. The summed E-state index contributed by atoms with van der Waals surface area (Å²) < 4.78 is 0. The minimum absolute atomic E-state index is 0.115. The van der Waals surface area contributed by atoms with Gasteiger partial charge in [0.2, 0.25) is 5.91 Å². The van der Waals surface area contributed by atoms with E-state index in [1.807, 2.05) is 0 Å². The molecule has 1 aliphatic heterocycles. The van der Waals surface area contributed by atoms with Gasteiger partial charge in [-0.15, -0.1) is 22.9 Å². The van der Waals surface area contributed by atoms with Crippen LogP contribution >= 0.6 is 22.9 Å². The van der Waals surface area contributed by atoms with Crippen molar-refractivity contribution < 1.29 is 4.79 Å². The largest absolute Gasteiger partial charge is 0.342 e. The number of rotatable bonds is 2. The molecule has 0 saturated carbocycles. The fourth-order valence-electron chi connectivity index (χ4n) is 3.35. The van der Waals surface area contributed by atoms with Gasteiger partial charge in [-0.25, -0.2) is 0 Å². The van der Waals surface area contributed by atoms with Crippen LogP contribution < -0.4 is 0 Å². The lowest BCUT2D eigenvalue weighted by Crippen LogP contribution is -2.43. The first-order chi connectivity index (χ1) is 9.29. The van der Waals surface area contributed by atoms with Gasteiger partial charge in [-0.3, -0.25) is 4.79 Å². The zero-order valence-electron chi connectivity index (χ0n) is 11.1. The molecule has 1 saturated heterocycles. The van der Waals surface area contributed by atoms with E-state index in [1.165, 1.54) is 16.9 Å². The quantitative estimate of drug-likeness (QED) is 0.763. The summed E-state index contributed by atoms with van der Waals surface area (Å²) >= 11 is 7.77. The van der Waals surface area contributed by atoms with E-state index in [0.29, 0.717) is 17.7 Å². The van der Waals surface area contributed by atoms with Crippen molar-refractivity contribution in [3.63, 3.8) is 0 Å². The van der Waals surface area contributed by atoms with E-state index in [1.54, 1.807) is 11.3 Å². The van der Waals surface area contributed by atoms with Gasteiger partial charge in [0.05, 0.1) is 5.92 Å². The lowest BCUT2D eigenvalue weighted by atomic mass is 9.86. The number of likely N-dealkylation sites (tertiary alicyclic amines) is 1. The SMILES string of the molecule is O=C(C1CCCc2sccc21)N1CCCC(CCl)C1. The van der Waals surface area contributed by atoms with Crippen LogP contribution in [0.5, 0.6) is 0 Å². The summed E-state index contributed by atoms with van der Waals surface area (Å²) in [4.78, 5) is 16.3. The predicted octanol–water partition coefficient (Wildman–Crippen LogP) is 3.65. The van der Waals surface area contributed by atoms with Crippen LogP contribution in [0.4, 0.5) is 0 Å². The minimum atomic E-state index is 0.115. The van der Waals surface area contributed by atoms with E-state index in [2.05, 4.69) is 16.3 Å². The molecule has 1 aromatic heterocycles. The number of carbonyl (C=O) groups is 1. The lowest BCUT2D eigenvalue weighted by molar-refractivity contribution is -0.134. The third kappa shape index (κ3) is 2.68. The van der Waals surface area contributed by atoms with Gasteiger partial charge in [0.1, 0.15) is 0 Å². The summed E-state index contributed by atoms with van der Waals surface area (Å²) in [6.07, 6.45) is 5.59.